The first kappa shape index (κ1) is 19.2. The summed E-state index contributed by atoms with van der Waals surface area (Å²) in [7, 11) is 1.67. The summed E-state index contributed by atoms with van der Waals surface area (Å²) in [5.41, 5.74) is 1.34. The van der Waals surface area contributed by atoms with Gasteiger partial charge in [0.2, 0.25) is 11.8 Å². The van der Waals surface area contributed by atoms with Gasteiger partial charge in [0.05, 0.1) is 5.69 Å². The molecule has 1 saturated heterocycles. The van der Waals surface area contributed by atoms with E-state index < -0.39 is 5.25 Å². The van der Waals surface area contributed by atoms with Gasteiger partial charge in [-0.3, -0.25) is 14.5 Å². The van der Waals surface area contributed by atoms with E-state index in [0.29, 0.717) is 15.9 Å². The van der Waals surface area contributed by atoms with Crippen molar-refractivity contribution in [3.63, 3.8) is 0 Å². The summed E-state index contributed by atoms with van der Waals surface area (Å²) in [5.74, 6) is -0.381. The lowest BCUT2D eigenvalue weighted by Crippen LogP contribution is -2.43. The maximum atomic E-state index is 12.6. The lowest BCUT2D eigenvalue weighted by atomic mass is 10.2. The molecule has 0 spiro atoms. The molecule has 1 atom stereocenters. The summed E-state index contributed by atoms with van der Waals surface area (Å²) in [6.07, 6.45) is 0.124. The number of carbonyl (C=O) groups excluding carboxylic acids is 2. The molecule has 5 nitrogen and oxygen atoms in total. The largest absolute Gasteiger partial charge is 0.325 e. The zero-order valence-electron chi connectivity index (χ0n) is 13.8. The average Bonchev–Trinajstić information content (AvgIpc) is 2.60. The maximum absolute atomic E-state index is 12.6. The number of anilines is 1. The Labute approximate surface area is 174 Å². The molecule has 0 unspecified atom stereocenters. The highest BCUT2D eigenvalue weighted by molar-refractivity contribution is 14.1. The Morgan fingerprint density at radius 1 is 1.31 bits per heavy atom. The number of aliphatic imine (C=N–C) groups is 1. The van der Waals surface area contributed by atoms with Gasteiger partial charge in [0.25, 0.3) is 0 Å². The maximum Gasteiger partial charge on any atom is 0.238 e. The molecule has 1 aliphatic rings. The smallest absolute Gasteiger partial charge is 0.238 e. The Morgan fingerprint density at radius 3 is 2.73 bits per heavy atom. The third-order valence-electron chi connectivity index (χ3n) is 3.70. The normalized spacial score (nSPS) is 18.9. The van der Waals surface area contributed by atoms with Crippen LogP contribution in [0.15, 0.2) is 53.5 Å². The number of carbonyl (C=O) groups is 2. The Morgan fingerprint density at radius 2 is 2.04 bits per heavy atom. The fourth-order valence-corrected chi connectivity index (χ4v) is 3.93. The van der Waals surface area contributed by atoms with Crippen molar-refractivity contribution in [1.29, 1.82) is 0 Å². The molecule has 1 fully saturated rings. The Bertz CT molecular complexity index is 873. The summed E-state index contributed by atoms with van der Waals surface area (Å²) in [6.45, 7) is 0. The number of rotatable bonds is 3. The van der Waals surface area contributed by atoms with Gasteiger partial charge in [0.1, 0.15) is 5.25 Å². The molecule has 0 saturated carbocycles. The second kappa shape index (κ2) is 8.41. The number of hydrogen-bond acceptors (Lipinski definition) is 4. The SMILES string of the molecule is CN1C(=O)C[C@@H](C(=O)Nc2cccc(Cl)c2)SC1=Nc1ccc(I)cc1. The molecule has 26 heavy (non-hydrogen) atoms. The van der Waals surface area contributed by atoms with Gasteiger partial charge < -0.3 is 5.32 Å². The molecular formula is C18H15ClIN3O2S. The molecule has 1 aliphatic heterocycles. The van der Waals surface area contributed by atoms with E-state index in [2.05, 4.69) is 32.9 Å². The summed E-state index contributed by atoms with van der Waals surface area (Å²) >= 11 is 9.44. The molecular weight excluding hydrogens is 485 g/mol. The van der Waals surface area contributed by atoms with Gasteiger partial charge in [0.15, 0.2) is 5.17 Å². The Kier molecular flexibility index (Phi) is 6.20. The predicted molar refractivity (Wildman–Crippen MR) is 115 cm³/mol. The second-order valence-electron chi connectivity index (χ2n) is 5.63. The molecule has 2 aromatic carbocycles. The van der Waals surface area contributed by atoms with Crippen LogP contribution in [0.3, 0.4) is 0 Å². The molecule has 134 valence electrons. The quantitative estimate of drug-likeness (QED) is 0.631. The molecule has 8 heteroatoms. The van der Waals surface area contributed by atoms with Gasteiger partial charge in [0, 0.05) is 27.7 Å². The monoisotopic (exact) mass is 499 g/mol. The van der Waals surface area contributed by atoms with Gasteiger partial charge in [-0.2, -0.15) is 0 Å². The first-order valence-corrected chi connectivity index (χ1v) is 10.1. The van der Waals surface area contributed by atoms with Crippen LogP contribution in [0.25, 0.3) is 0 Å². The van der Waals surface area contributed by atoms with Gasteiger partial charge in [-0.1, -0.05) is 29.4 Å². The van der Waals surface area contributed by atoms with E-state index >= 15 is 0 Å². The number of hydrogen-bond donors (Lipinski definition) is 1. The van der Waals surface area contributed by atoms with Crippen molar-refractivity contribution in [3.05, 3.63) is 57.1 Å². The zero-order valence-corrected chi connectivity index (χ0v) is 17.5. The third kappa shape index (κ3) is 4.77. The lowest BCUT2D eigenvalue weighted by Gasteiger charge is -2.28. The van der Waals surface area contributed by atoms with E-state index in [4.69, 9.17) is 11.6 Å². The lowest BCUT2D eigenvalue weighted by molar-refractivity contribution is -0.128. The minimum Gasteiger partial charge on any atom is -0.325 e. The van der Waals surface area contributed by atoms with E-state index in [1.807, 2.05) is 24.3 Å². The number of nitrogens with one attached hydrogen (secondary N) is 1. The topological polar surface area (TPSA) is 61.8 Å². The number of thioether (sulfide) groups is 1. The van der Waals surface area contributed by atoms with Crippen LogP contribution in [0.5, 0.6) is 0 Å². The molecule has 1 heterocycles. The Hall–Kier alpha value is -1.58. The number of amidine groups is 1. The highest BCUT2D eigenvalue weighted by Gasteiger charge is 2.34. The van der Waals surface area contributed by atoms with Crippen molar-refractivity contribution >= 4 is 74.3 Å². The second-order valence-corrected chi connectivity index (χ2v) is 8.49. The molecule has 0 bridgehead atoms. The molecule has 0 aliphatic carbocycles. The van der Waals surface area contributed by atoms with Crippen molar-refractivity contribution in [1.82, 2.24) is 4.90 Å². The van der Waals surface area contributed by atoms with Gasteiger partial charge in [-0.15, -0.1) is 0 Å². The van der Waals surface area contributed by atoms with Crippen LogP contribution in [0.1, 0.15) is 6.42 Å². The number of nitrogens with zero attached hydrogens (tertiary/aromatic N) is 2. The van der Waals surface area contributed by atoms with Crippen molar-refractivity contribution < 1.29 is 9.59 Å². The molecule has 0 radical (unpaired) electrons. The summed E-state index contributed by atoms with van der Waals surface area (Å²) in [4.78, 5) is 30.9. The summed E-state index contributed by atoms with van der Waals surface area (Å²) in [6, 6.07) is 14.6. The van der Waals surface area contributed by atoms with Gasteiger partial charge in [-0.25, -0.2) is 4.99 Å². The van der Waals surface area contributed by atoms with E-state index in [0.717, 1.165) is 9.26 Å². The zero-order chi connectivity index (χ0) is 18.7. The Balaban J connectivity index is 1.77. The first-order valence-electron chi connectivity index (χ1n) is 7.76. The van der Waals surface area contributed by atoms with E-state index in [9.17, 15) is 9.59 Å². The number of halogens is 2. The molecule has 3 rings (SSSR count). The van der Waals surface area contributed by atoms with Crippen molar-refractivity contribution in [2.45, 2.75) is 11.7 Å². The average molecular weight is 500 g/mol. The van der Waals surface area contributed by atoms with Crippen molar-refractivity contribution in [2.24, 2.45) is 4.99 Å². The molecule has 2 aromatic rings. The van der Waals surface area contributed by atoms with Crippen LogP contribution >= 0.6 is 46.0 Å². The van der Waals surface area contributed by atoms with Crippen LogP contribution in [-0.4, -0.2) is 34.2 Å². The minimum absolute atomic E-state index is 0.124. The van der Waals surface area contributed by atoms with E-state index in [1.165, 1.54) is 16.7 Å². The van der Waals surface area contributed by atoms with Crippen LogP contribution in [0.4, 0.5) is 11.4 Å². The molecule has 0 aromatic heterocycles. The summed E-state index contributed by atoms with van der Waals surface area (Å²) < 4.78 is 1.10. The highest BCUT2D eigenvalue weighted by atomic mass is 127. The van der Waals surface area contributed by atoms with Crippen LogP contribution < -0.4 is 5.32 Å². The first-order chi connectivity index (χ1) is 12.4. The standard InChI is InChI=1S/C18H15ClIN3O2S/c1-23-16(24)10-15(17(25)21-14-4-2-3-11(19)9-14)26-18(23)22-13-7-5-12(20)6-8-13/h2-9,15H,10H2,1H3,(H,21,25)/t15-/m0/s1. The van der Waals surface area contributed by atoms with Crippen LogP contribution in [0.2, 0.25) is 5.02 Å². The fourth-order valence-electron chi connectivity index (χ4n) is 2.31. The van der Waals surface area contributed by atoms with Gasteiger partial charge >= 0.3 is 0 Å². The fraction of sp³-hybridized carbons (Fsp3) is 0.167. The highest BCUT2D eigenvalue weighted by Crippen LogP contribution is 2.29. The van der Waals surface area contributed by atoms with Gasteiger partial charge in [-0.05, 0) is 65.1 Å². The minimum atomic E-state index is -0.541. The molecule has 1 N–H and O–H groups in total. The van der Waals surface area contributed by atoms with E-state index in [1.54, 1.807) is 31.3 Å². The van der Waals surface area contributed by atoms with E-state index in [-0.39, 0.29) is 18.2 Å². The number of benzene rings is 2. The van der Waals surface area contributed by atoms with Crippen LogP contribution in [-0.2, 0) is 9.59 Å². The summed E-state index contributed by atoms with van der Waals surface area (Å²) in [5, 5.41) is 3.31. The predicted octanol–water partition coefficient (Wildman–Crippen LogP) is 4.53. The third-order valence-corrected chi connectivity index (χ3v) is 5.90. The van der Waals surface area contributed by atoms with Crippen LogP contribution in [0, 0.1) is 3.57 Å². The number of amides is 2. The van der Waals surface area contributed by atoms with Crippen molar-refractivity contribution in [3.8, 4) is 0 Å². The van der Waals surface area contributed by atoms with Crippen molar-refractivity contribution in [2.75, 3.05) is 12.4 Å². The molecule has 2 amide bonds.